The fourth-order valence-electron chi connectivity index (χ4n) is 5.10. The summed E-state index contributed by atoms with van der Waals surface area (Å²) in [7, 11) is 1.55. The summed E-state index contributed by atoms with van der Waals surface area (Å²) in [5.74, 6) is 0.935. The zero-order valence-corrected chi connectivity index (χ0v) is 17.9. The second-order valence-electron chi connectivity index (χ2n) is 8.42. The second-order valence-corrected chi connectivity index (χ2v) is 8.42. The second kappa shape index (κ2) is 7.50. The number of likely N-dealkylation sites (tertiary alicyclic amines) is 1. The van der Waals surface area contributed by atoms with Crippen LogP contribution in [0.25, 0.3) is 16.7 Å². The molecule has 0 N–H and O–H groups in total. The summed E-state index contributed by atoms with van der Waals surface area (Å²) in [5.41, 5.74) is 3.23. The van der Waals surface area contributed by atoms with Crippen LogP contribution in [0.1, 0.15) is 41.9 Å². The van der Waals surface area contributed by atoms with Crippen molar-refractivity contribution in [1.82, 2.24) is 19.5 Å². The maximum absolute atomic E-state index is 13.2. The Labute approximate surface area is 181 Å². The number of carbonyl (C=O) groups is 2. The number of imidazole rings is 1. The number of aryl methyl sites for hydroxylation is 1. The average molecular weight is 418 g/mol. The molecule has 2 fully saturated rings. The molecule has 31 heavy (non-hydrogen) atoms. The highest BCUT2D eigenvalue weighted by Gasteiger charge is 2.48. The van der Waals surface area contributed by atoms with Crippen LogP contribution in [0.5, 0.6) is 0 Å². The first-order valence-corrected chi connectivity index (χ1v) is 10.7. The zero-order valence-electron chi connectivity index (χ0n) is 17.9. The zero-order chi connectivity index (χ0) is 21.6. The number of rotatable bonds is 3. The number of amides is 2. The Bertz CT molecular complexity index is 1150. The molecule has 7 nitrogen and oxygen atoms in total. The van der Waals surface area contributed by atoms with Gasteiger partial charge in [-0.3, -0.25) is 19.0 Å². The van der Waals surface area contributed by atoms with E-state index < -0.39 is 0 Å². The van der Waals surface area contributed by atoms with Crippen LogP contribution in [0.15, 0.2) is 48.5 Å². The molecule has 2 saturated heterocycles. The number of hydrogen-bond donors (Lipinski definition) is 0. The molecular weight excluding hydrogens is 392 g/mol. The SMILES string of the molecule is CON1C(=O)CCC12CCN(C(=O)c1ccc3c(c1)nc(C)n3-c1ccccc1)CC2. The standard InChI is InChI=1S/C24H26N4O3/c1-17-25-20-16-18(8-9-21(20)27(17)19-6-4-3-5-7-19)23(30)26-14-12-24(13-15-26)11-10-22(29)28(24)31-2/h3-9,16H,10-15H2,1-2H3. The number of nitrogens with zero attached hydrogens (tertiary/aromatic N) is 4. The quantitative estimate of drug-likeness (QED) is 0.653. The largest absolute Gasteiger partial charge is 0.338 e. The first kappa shape index (κ1) is 19.8. The highest BCUT2D eigenvalue weighted by Crippen LogP contribution is 2.39. The minimum absolute atomic E-state index is 0.0111. The summed E-state index contributed by atoms with van der Waals surface area (Å²) in [6.07, 6.45) is 2.79. The Hall–Kier alpha value is -3.19. The molecule has 5 rings (SSSR count). The van der Waals surface area contributed by atoms with Crippen LogP contribution in [0.3, 0.4) is 0 Å². The topological polar surface area (TPSA) is 67.7 Å². The monoisotopic (exact) mass is 418 g/mol. The van der Waals surface area contributed by atoms with Crippen molar-refractivity contribution in [2.24, 2.45) is 0 Å². The number of benzene rings is 2. The van der Waals surface area contributed by atoms with E-state index in [4.69, 9.17) is 9.82 Å². The van der Waals surface area contributed by atoms with E-state index >= 15 is 0 Å². The van der Waals surface area contributed by atoms with Gasteiger partial charge < -0.3 is 4.90 Å². The van der Waals surface area contributed by atoms with Gasteiger partial charge >= 0.3 is 0 Å². The minimum Gasteiger partial charge on any atom is -0.338 e. The van der Waals surface area contributed by atoms with Crippen LogP contribution in [-0.2, 0) is 9.63 Å². The molecule has 2 aromatic carbocycles. The van der Waals surface area contributed by atoms with Gasteiger partial charge in [0.1, 0.15) is 5.82 Å². The van der Waals surface area contributed by atoms with E-state index in [2.05, 4.69) is 4.57 Å². The van der Waals surface area contributed by atoms with Gasteiger partial charge in [0.25, 0.3) is 5.91 Å². The molecule has 1 spiro atoms. The van der Waals surface area contributed by atoms with Gasteiger partial charge in [0.2, 0.25) is 5.91 Å². The van der Waals surface area contributed by atoms with Crippen molar-refractivity contribution in [2.45, 2.75) is 38.1 Å². The van der Waals surface area contributed by atoms with Crippen molar-refractivity contribution in [2.75, 3.05) is 20.2 Å². The van der Waals surface area contributed by atoms with E-state index in [1.165, 1.54) is 0 Å². The lowest BCUT2D eigenvalue weighted by Gasteiger charge is -2.43. The summed E-state index contributed by atoms with van der Waals surface area (Å²) in [5, 5.41) is 1.54. The Morgan fingerprint density at radius 2 is 1.81 bits per heavy atom. The summed E-state index contributed by atoms with van der Waals surface area (Å²) < 4.78 is 2.10. The summed E-state index contributed by atoms with van der Waals surface area (Å²) >= 11 is 0. The number of aromatic nitrogens is 2. The lowest BCUT2D eigenvalue weighted by Crippen LogP contribution is -2.53. The molecule has 2 aliphatic heterocycles. The predicted octanol–water partition coefficient (Wildman–Crippen LogP) is 3.49. The molecule has 2 amide bonds. The smallest absolute Gasteiger partial charge is 0.253 e. The number of hydroxylamine groups is 2. The molecule has 0 radical (unpaired) electrons. The van der Waals surface area contributed by atoms with Crippen molar-refractivity contribution in [3.8, 4) is 5.69 Å². The van der Waals surface area contributed by atoms with Crippen LogP contribution < -0.4 is 0 Å². The summed E-state index contributed by atoms with van der Waals surface area (Å²) in [4.78, 5) is 37.2. The fourth-order valence-corrected chi connectivity index (χ4v) is 5.10. The van der Waals surface area contributed by atoms with E-state index in [-0.39, 0.29) is 17.4 Å². The highest BCUT2D eigenvalue weighted by molar-refractivity contribution is 5.97. The van der Waals surface area contributed by atoms with E-state index in [0.717, 1.165) is 41.8 Å². The van der Waals surface area contributed by atoms with Gasteiger partial charge in [-0.2, -0.15) is 0 Å². The first-order valence-electron chi connectivity index (χ1n) is 10.7. The van der Waals surface area contributed by atoms with Gasteiger partial charge in [-0.15, -0.1) is 0 Å². The summed E-state index contributed by atoms with van der Waals surface area (Å²) in [6.45, 7) is 3.20. The number of para-hydroxylation sites is 1. The minimum atomic E-state index is -0.266. The molecule has 0 bridgehead atoms. The van der Waals surface area contributed by atoms with Gasteiger partial charge in [-0.25, -0.2) is 10.0 Å². The molecule has 0 atom stereocenters. The van der Waals surface area contributed by atoms with Gasteiger partial charge in [0.05, 0.1) is 23.7 Å². The van der Waals surface area contributed by atoms with Crippen LogP contribution >= 0.6 is 0 Å². The third-order valence-electron chi connectivity index (χ3n) is 6.71. The fraction of sp³-hybridized carbons (Fsp3) is 0.375. The van der Waals surface area contributed by atoms with E-state index in [0.29, 0.717) is 25.1 Å². The molecule has 3 aromatic rings. The van der Waals surface area contributed by atoms with Crippen molar-refractivity contribution in [3.63, 3.8) is 0 Å². The van der Waals surface area contributed by atoms with Gasteiger partial charge in [-0.05, 0) is 56.5 Å². The molecule has 0 saturated carbocycles. The third kappa shape index (κ3) is 3.20. The number of hydrogen-bond acceptors (Lipinski definition) is 4. The number of carbonyl (C=O) groups excluding carboxylic acids is 2. The van der Waals surface area contributed by atoms with Gasteiger partial charge in [-0.1, -0.05) is 18.2 Å². The van der Waals surface area contributed by atoms with Crippen molar-refractivity contribution in [1.29, 1.82) is 0 Å². The van der Waals surface area contributed by atoms with Crippen LogP contribution in [-0.4, -0.2) is 57.1 Å². The van der Waals surface area contributed by atoms with Crippen LogP contribution in [0.4, 0.5) is 0 Å². The number of piperidine rings is 1. The van der Waals surface area contributed by atoms with Crippen molar-refractivity contribution in [3.05, 3.63) is 59.9 Å². The molecule has 0 aliphatic carbocycles. The predicted molar refractivity (Wildman–Crippen MR) is 117 cm³/mol. The molecular formula is C24H26N4O3. The molecule has 1 aromatic heterocycles. The number of fused-ring (bicyclic) bond motifs is 1. The first-order chi connectivity index (χ1) is 15.0. The van der Waals surface area contributed by atoms with Crippen molar-refractivity contribution >= 4 is 22.8 Å². The molecule has 7 heteroatoms. The Kier molecular flexibility index (Phi) is 4.78. The molecule has 0 unspecified atom stereocenters. The van der Waals surface area contributed by atoms with Gasteiger partial charge in [0, 0.05) is 30.8 Å². The van der Waals surface area contributed by atoms with E-state index in [1.807, 2.05) is 60.4 Å². The Morgan fingerprint density at radius 3 is 2.52 bits per heavy atom. The summed E-state index contributed by atoms with van der Waals surface area (Å²) in [6, 6.07) is 15.8. The average Bonchev–Trinajstić information content (AvgIpc) is 3.29. The highest BCUT2D eigenvalue weighted by atomic mass is 16.7. The van der Waals surface area contributed by atoms with Crippen LogP contribution in [0.2, 0.25) is 0 Å². The lowest BCUT2D eigenvalue weighted by atomic mass is 9.85. The third-order valence-corrected chi connectivity index (χ3v) is 6.71. The van der Waals surface area contributed by atoms with E-state index in [9.17, 15) is 9.59 Å². The normalized spacial score (nSPS) is 18.3. The van der Waals surface area contributed by atoms with Crippen LogP contribution in [0, 0.1) is 6.92 Å². The maximum Gasteiger partial charge on any atom is 0.253 e. The Balaban J connectivity index is 1.37. The molecule has 2 aliphatic rings. The molecule has 3 heterocycles. The van der Waals surface area contributed by atoms with E-state index in [1.54, 1.807) is 12.2 Å². The van der Waals surface area contributed by atoms with Crippen molar-refractivity contribution < 1.29 is 14.4 Å². The lowest BCUT2D eigenvalue weighted by molar-refractivity contribution is -0.201. The maximum atomic E-state index is 13.2. The molecule has 160 valence electrons. The Morgan fingerprint density at radius 1 is 1.06 bits per heavy atom. The van der Waals surface area contributed by atoms with Gasteiger partial charge in [0.15, 0.2) is 0 Å².